The highest BCUT2D eigenvalue weighted by Crippen LogP contribution is 2.21. The molecule has 2 rings (SSSR count). The quantitative estimate of drug-likeness (QED) is 0.157. The molecule has 0 aliphatic carbocycles. The molecular weight excluding hydrogens is 432 g/mol. The molecule has 0 atom stereocenters. The van der Waals surface area contributed by atoms with Crippen LogP contribution in [0.3, 0.4) is 0 Å². The minimum Gasteiger partial charge on any atom is -0.384 e. The zero-order valence-electron chi connectivity index (χ0n) is 17.7. The number of nitrogens with zero attached hydrogens (tertiary/aromatic N) is 2. The lowest BCUT2D eigenvalue weighted by atomic mass is 10.1. The van der Waals surface area contributed by atoms with Crippen molar-refractivity contribution in [1.82, 2.24) is 15.6 Å². The molecule has 0 saturated carbocycles. The van der Waals surface area contributed by atoms with E-state index in [-0.39, 0.29) is 11.8 Å². The zero-order chi connectivity index (χ0) is 22.3. The van der Waals surface area contributed by atoms with E-state index in [1.807, 2.05) is 31.2 Å². The van der Waals surface area contributed by atoms with Crippen LogP contribution in [-0.4, -0.2) is 54.7 Å². The number of benzene rings is 1. The van der Waals surface area contributed by atoms with Gasteiger partial charge < -0.3 is 16.0 Å². The van der Waals surface area contributed by atoms with E-state index in [1.165, 1.54) is 0 Å². The number of nitrogens with one attached hydrogen (secondary N) is 4. The largest absolute Gasteiger partial charge is 0.384 e. The van der Waals surface area contributed by atoms with Crippen molar-refractivity contribution in [2.24, 2.45) is 5.10 Å². The molecule has 0 bridgehead atoms. The first-order valence-corrected chi connectivity index (χ1v) is 12.4. The maximum Gasteiger partial charge on any atom is 0.251 e. The van der Waals surface area contributed by atoms with Crippen LogP contribution in [0.15, 0.2) is 47.7 Å². The maximum atomic E-state index is 12.2. The van der Waals surface area contributed by atoms with Crippen LogP contribution in [0, 0.1) is 0 Å². The fourth-order valence-electron chi connectivity index (χ4n) is 2.35. The molecule has 10 heteroatoms. The molecule has 0 unspecified atom stereocenters. The first kappa shape index (κ1) is 24.5. The Labute approximate surface area is 190 Å². The lowest BCUT2D eigenvalue weighted by molar-refractivity contribution is -0.120. The van der Waals surface area contributed by atoms with Gasteiger partial charge in [0.05, 0.1) is 18.1 Å². The highest BCUT2D eigenvalue weighted by atomic mass is 33.1. The van der Waals surface area contributed by atoms with E-state index in [9.17, 15) is 9.59 Å². The smallest absolute Gasteiger partial charge is 0.251 e. The van der Waals surface area contributed by atoms with Gasteiger partial charge >= 0.3 is 0 Å². The Morgan fingerprint density at radius 3 is 2.55 bits per heavy atom. The lowest BCUT2D eigenvalue weighted by Crippen LogP contribution is -2.25. The number of hydrogen-bond donors (Lipinski definition) is 4. The third kappa shape index (κ3) is 9.75. The summed E-state index contributed by atoms with van der Waals surface area (Å²) in [6.45, 7) is 3.45. The summed E-state index contributed by atoms with van der Waals surface area (Å²) >= 11 is 0. The Kier molecular flexibility index (Phi) is 11.3. The summed E-state index contributed by atoms with van der Waals surface area (Å²) in [4.78, 5) is 27.6. The fraction of sp³-hybridized carbons (Fsp3) is 0.333. The van der Waals surface area contributed by atoms with Crippen LogP contribution in [0.4, 0.5) is 11.5 Å². The third-order valence-electron chi connectivity index (χ3n) is 3.96. The number of anilines is 2. The molecule has 2 aromatic rings. The van der Waals surface area contributed by atoms with Gasteiger partial charge in [0.15, 0.2) is 0 Å². The average Bonchev–Trinajstić information content (AvgIpc) is 2.80. The number of hydrazone groups is 1. The average molecular weight is 461 g/mol. The Balaban J connectivity index is 1.67. The predicted octanol–water partition coefficient (Wildman–Crippen LogP) is 3.21. The molecule has 1 aromatic carbocycles. The molecule has 166 valence electrons. The number of aromatic nitrogens is 1. The van der Waals surface area contributed by atoms with E-state index in [0.717, 1.165) is 29.3 Å². The second kappa shape index (κ2) is 14.3. The van der Waals surface area contributed by atoms with Crippen molar-refractivity contribution in [3.05, 3.63) is 53.7 Å². The van der Waals surface area contributed by atoms with Gasteiger partial charge in [0, 0.05) is 43.6 Å². The lowest BCUT2D eigenvalue weighted by Gasteiger charge is -2.05. The van der Waals surface area contributed by atoms with Gasteiger partial charge in [0.2, 0.25) is 5.91 Å². The van der Waals surface area contributed by atoms with Crippen LogP contribution in [0.2, 0.25) is 0 Å². The van der Waals surface area contributed by atoms with Crippen molar-refractivity contribution in [2.45, 2.75) is 13.3 Å². The standard InChI is InChI=1S/C21H28N6O2S2/c1-3-23-18-8-9-19(25-15-18)27-26-14-16-4-6-17(7-5-16)21(29)24-11-13-31-30-12-10-20(28)22-2/h4-9,14-15,23H,3,10-13H2,1-2H3,(H,22,28)(H,24,29)(H,25,27)/b26-14+. The Hall–Kier alpha value is -2.72. The van der Waals surface area contributed by atoms with Gasteiger partial charge in [-0.2, -0.15) is 5.10 Å². The van der Waals surface area contributed by atoms with Gasteiger partial charge in [-0.25, -0.2) is 4.98 Å². The topological polar surface area (TPSA) is 108 Å². The zero-order valence-corrected chi connectivity index (χ0v) is 19.3. The molecule has 1 heterocycles. The van der Waals surface area contributed by atoms with Crippen LogP contribution in [-0.2, 0) is 4.79 Å². The Morgan fingerprint density at radius 2 is 1.87 bits per heavy atom. The van der Waals surface area contributed by atoms with Crippen molar-refractivity contribution in [3.8, 4) is 0 Å². The normalized spacial score (nSPS) is 10.6. The fourth-order valence-corrected chi connectivity index (χ4v) is 4.24. The molecule has 2 amide bonds. The van der Waals surface area contributed by atoms with Crippen molar-refractivity contribution < 1.29 is 9.59 Å². The molecule has 31 heavy (non-hydrogen) atoms. The van der Waals surface area contributed by atoms with Crippen LogP contribution in [0.5, 0.6) is 0 Å². The van der Waals surface area contributed by atoms with Crippen LogP contribution < -0.4 is 21.4 Å². The van der Waals surface area contributed by atoms with Crippen molar-refractivity contribution in [3.63, 3.8) is 0 Å². The van der Waals surface area contributed by atoms with Crippen molar-refractivity contribution in [2.75, 3.05) is 42.4 Å². The summed E-state index contributed by atoms with van der Waals surface area (Å²) in [5.41, 5.74) is 5.32. The minimum absolute atomic E-state index is 0.0426. The SMILES string of the molecule is CCNc1ccc(N/N=C/c2ccc(C(=O)NCCSSCCC(=O)NC)cc2)nc1. The molecule has 0 aliphatic rings. The summed E-state index contributed by atoms with van der Waals surface area (Å²) in [5.74, 6) is 2.12. The van der Waals surface area contributed by atoms with E-state index in [2.05, 4.69) is 31.5 Å². The summed E-state index contributed by atoms with van der Waals surface area (Å²) in [5, 5.41) is 12.8. The summed E-state index contributed by atoms with van der Waals surface area (Å²) in [6, 6.07) is 11.0. The predicted molar refractivity (Wildman–Crippen MR) is 132 cm³/mol. The Bertz CT molecular complexity index is 844. The number of amides is 2. The van der Waals surface area contributed by atoms with Crippen LogP contribution in [0.1, 0.15) is 29.3 Å². The molecule has 0 fully saturated rings. The van der Waals surface area contributed by atoms with E-state index >= 15 is 0 Å². The van der Waals surface area contributed by atoms with Crippen LogP contribution >= 0.6 is 21.6 Å². The van der Waals surface area contributed by atoms with E-state index in [4.69, 9.17) is 0 Å². The summed E-state index contributed by atoms with van der Waals surface area (Å²) in [7, 11) is 4.91. The first-order valence-electron chi connectivity index (χ1n) is 9.94. The van der Waals surface area contributed by atoms with Gasteiger partial charge in [-0.05, 0) is 36.8 Å². The monoisotopic (exact) mass is 460 g/mol. The van der Waals surface area contributed by atoms with Gasteiger partial charge in [-0.1, -0.05) is 33.7 Å². The Morgan fingerprint density at radius 1 is 1.10 bits per heavy atom. The summed E-state index contributed by atoms with van der Waals surface area (Å²) < 4.78 is 0. The second-order valence-electron chi connectivity index (χ2n) is 6.28. The highest BCUT2D eigenvalue weighted by molar-refractivity contribution is 8.76. The number of rotatable bonds is 13. The highest BCUT2D eigenvalue weighted by Gasteiger charge is 2.04. The van der Waals surface area contributed by atoms with Gasteiger partial charge in [-0.15, -0.1) is 0 Å². The second-order valence-corrected chi connectivity index (χ2v) is 8.98. The molecule has 1 aromatic heterocycles. The van der Waals surface area contributed by atoms with Crippen molar-refractivity contribution in [1.29, 1.82) is 0 Å². The van der Waals surface area contributed by atoms with Gasteiger partial charge in [0.1, 0.15) is 5.82 Å². The molecule has 4 N–H and O–H groups in total. The first-order chi connectivity index (χ1) is 15.1. The number of pyridine rings is 1. The summed E-state index contributed by atoms with van der Waals surface area (Å²) in [6.07, 6.45) is 3.93. The van der Waals surface area contributed by atoms with Crippen molar-refractivity contribution >= 4 is 51.1 Å². The van der Waals surface area contributed by atoms with Crippen LogP contribution in [0.25, 0.3) is 0 Å². The minimum atomic E-state index is -0.109. The van der Waals surface area contributed by atoms with Gasteiger partial charge in [-0.3, -0.25) is 15.0 Å². The number of carbonyl (C=O) groups excluding carboxylic acids is 2. The number of carbonyl (C=O) groups is 2. The molecular formula is C21H28N6O2S2. The molecule has 0 saturated heterocycles. The number of hydrogen-bond acceptors (Lipinski definition) is 8. The third-order valence-corrected chi connectivity index (χ3v) is 6.36. The molecule has 0 aliphatic heterocycles. The van der Waals surface area contributed by atoms with Gasteiger partial charge in [0.25, 0.3) is 5.91 Å². The van der Waals surface area contributed by atoms with E-state index in [1.54, 1.807) is 53.2 Å². The maximum absolute atomic E-state index is 12.2. The molecule has 0 radical (unpaired) electrons. The van der Waals surface area contributed by atoms with E-state index in [0.29, 0.717) is 24.3 Å². The molecule has 0 spiro atoms. The molecule has 8 nitrogen and oxygen atoms in total. The van der Waals surface area contributed by atoms with E-state index < -0.39 is 0 Å².